The Kier molecular flexibility index (Phi) is 5.18. The van der Waals surface area contributed by atoms with Gasteiger partial charge in [-0.05, 0) is 6.92 Å². The van der Waals surface area contributed by atoms with Crippen LogP contribution in [-0.2, 0) is 15.7 Å². The zero-order valence-electron chi connectivity index (χ0n) is 24.8. The van der Waals surface area contributed by atoms with Crippen LogP contribution >= 0.6 is 11.6 Å². The summed E-state index contributed by atoms with van der Waals surface area (Å²) in [7, 11) is 0. The van der Waals surface area contributed by atoms with Crippen molar-refractivity contribution in [2.45, 2.75) is 25.6 Å². The van der Waals surface area contributed by atoms with E-state index in [1.807, 2.05) is 0 Å². The summed E-state index contributed by atoms with van der Waals surface area (Å²) in [5, 5.41) is 4.90. The number of hydrogen-bond acceptors (Lipinski definition) is 8. The number of alkyl halides is 3. The lowest BCUT2D eigenvalue weighted by molar-refractivity contribution is -0.141. The van der Waals surface area contributed by atoms with E-state index in [2.05, 4.69) is 15.1 Å². The summed E-state index contributed by atoms with van der Waals surface area (Å²) in [6.45, 7) is -13.5. The van der Waals surface area contributed by atoms with Gasteiger partial charge in [0.05, 0.1) is 54.2 Å². The van der Waals surface area contributed by atoms with E-state index in [4.69, 9.17) is 32.0 Å². The molecule has 0 aromatic carbocycles. The van der Waals surface area contributed by atoms with E-state index in [9.17, 15) is 22.8 Å². The Morgan fingerprint density at radius 1 is 1.27 bits per heavy atom. The molecule has 1 fully saturated rings. The molecule has 0 saturated carbocycles. The zero-order valence-corrected chi connectivity index (χ0v) is 17.6. The molecule has 1 N–H and O–H groups in total. The van der Waals surface area contributed by atoms with Crippen LogP contribution in [0.25, 0.3) is 0 Å². The van der Waals surface area contributed by atoms with Crippen molar-refractivity contribution >= 4 is 23.5 Å². The van der Waals surface area contributed by atoms with Gasteiger partial charge in [0, 0.05) is 26.0 Å². The standard InChI is InChI=1S/C19H22ClF3N6O4/c1-12(33-14-10-26-27-17(31)16(14)19(21,22)23)11-32-7-2-15(30)28-3-5-29(6-4-28)18-24-8-13(20)9-25-18/h8-10,12H,2-7,11H2,1H3,(H,27,31)/t12-/m0/s1/i3D2,4D2,5D2,6D2. The van der Waals surface area contributed by atoms with Gasteiger partial charge in [-0.2, -0.15) is 18.3 Å². The molecule has 180 valence electrons. The first-order valence-corrected chi connectivity index (χ1v) is 9.55. The minimum Gasteiger partial charge on any atom is -0.486 e. The number of carbonyl (C=O) groups is 1. The molecule has 0 bridgehead atoms. The quantitative estimate of drug-likeness (QED) is 0.548. The van der Waals surface area contributed by atoms with Crippen molar-refractivity contribution in [3.05, 3.63) is 39.5 Å². The number of anilines is 1. The van der Waals surface area contributed by atoms with E-state index in [-0.39, 0.29) is 14.8 Å². The summed E-state index contributed by atoms with van der Waals surface area (Å²) in [5.41, 5.74) is -3.15. The highest BCUT2D eigenvalue weighted by Gasteiger charge is 2.38. The first kappa shape index (κ1) is 15.8. The van der Waals surface area contributed by atoms with E-state index in [1.165, 1.54) is 6.92 Å². The third kappa shape index (κ3) is 6.78. The van der Waals surface area contributed by atoms with Gasteiger partial charge in [0.15, 0.2) is 11.3 Å². The molecule has 1 saturated heterocycles. The number of rotatable bonds is 8. The fraction of sp³-hybridized carbons (Fsp3) is 0.526. The lowest BCUT2D eigenvalue weighted by atomic mass is 10.2. The predicted molar refractivity (Wildman–Crippen MR) is 111 cm³/mol. The Balaban J connectivity index is 1.73. The Morgan fingerprint density at radius 2 is 1.94 bits per heavy atom. The summed E-state index contributed by atoms with van der Waals surface area (Å²) in [6, 6.07) is 0. The molecule has 3 heterocycles. The average Bonchev–Trinajstić information content (AvgIpc) is 2.81. The van der Waals surface area contributed by atoms with Gasteiger partial charge in [-0.25, -0.2) is 15.1 Å². The van der Waals surface area contributed by atoms with Crippen LogP contribution in [-0.4, -0.2) is 76.3 Å². The van der Waals surface area contributed by atoms with E-state index >= 15 is 0 Å². The Morgan fingerprint density at radius 3 is 2.58 bits per heavy atom. The van der Waals surface area contributed by atoms with Crippen LogP contribution in [0.5, 0.6) is 5.75 Å². The Labute approximate surface area is 202 Å². The molecule has 1 aliphatic rings. The third-order valence-electron chi connectivity index (χ3n) is 3.85. The molecule has 3 rings (SSSR count). The van der Waals surface area contributed by atoms with Crippen LogP contribution in [0.1, 0.15) is 29.9 Å². The van der Waals surface area contributed by atoms with Crippen molar-refractivity contribution in [2.75, 3.05) is 44.1 Å². The molecule has 0 spiro atoms. The largest absolute Gasteiger partial charge is 0.486 e. The first-order valence-electron chi connectivity index (χ1n) is 13.2. The van der Waals surface area contributed by atoms with Crippen LogP contribution in [0.15, 0.2) is 23.4 Å². The summed E-state index contributed by atoms with van der Waals surface area (Å²) >= 11 is 5.71. The molecule has 1 aliphatic heterocycles. The van der Waals surface area contributed by atoms with E-state index in [1.54, 1.807) is 5.10 Å². The fourth-order valence-electron chi connectivity index (χ4n) is 2.41. The van der Waals surface area contributed by atoms with Gasteiger partial charge in [-0.3, -0.25) is 9.59 Å². The van der Waals surface area contributed by atoms with E-state index < -0.39 is 86.6 Å². The maximum atomic E-state index is 13.2. The van der Waals surface area contributed by atoms with Crippen LogP contribution in [0.3, 0.4) is 0 Å². The highest BCUT2D eigenvalue weighted by atomic mass is 35.5. The van der Waals surface area contributed by atoms with Gasteiger partial charge in [-0.1, -0.05) is 11.6 Å². The van der Waals surface area contributed by atoms with Gasteiger partial charge < -0.3 is 19.3 Å². The highest BCUT2D eigenvalue weighted by Crippen LogP contribution is 2.33. The van der Waals surface area contributed by atoms with Gasteiger partial charge in [0.25, 0.3) is 5.56 Å². The molecule has 0 aliphatic carbocycles. The number of nitrogens with one attached hydrogen (secondary N) is 1. The summed E-state index contributed by atoms with van der Waals surface area (Å²) in [4.78, 5) is 31.7. The van der Waals surface area contributed by atoms with Crippen LogP contribution in [0.4, 0.5) is 19.1 Å². The summed E-state index contributed by atoms with van der Waals surface area (Å²) in [6.07, 6.45) is -4.36. The second-order valence-electron chi connectivity index (χ2n) is 6.40. The molecule has 2 aromatic rings. The van der Waals surface area contributed by atoms with Crippen LogP contribution in [0.2, 0.25) is 5.02 Å². The lowest BCUT2D eigenvalue weighted by Crippen LogP contribution is -2.49. The number of hydrogen-bond donors (Lipinski definition) is 1. The summed E-state index contributed by atoms with van der Waals surface area (Å²) in [5.74, 6) is -2.98. The fourth-order valence-corrected chi connectivity index (χ4v) is 2.51. The Hall–Kier alpha value is -2.93. The summed E-state index contributed by atoms with van der Waals surface area (Å²) < 4.78 is 116. The van der Waals surface area contributed by atoms with Crippen molar-refractivity contribution in [3.63, 3.8) is 0 Å². The maximum absolute atomic E-state index is 13.2. The Bertz CT molecular complexity index is 1310. The van der Waals surface area contributed by atoms with E-state index in [0.29, 0.717) is 6.20 Å². The third-order valence-corrected chi connectivity index (χ3v) is 4.04. The van der Waals surface area contributed by atoms with Gasteiger partial charge in [0.1, 0.15) is 6.10 Å². The monoisotopic (exact) mass is 498 g/mol. The second kappa shape index (κ2) is 10.8. The second-order valence-corrected chi connectivity index (χ2v) is 6.84. The molecule has 0 unspecified atom stereocenters. The van der Waals surface area contributed by atoms with Gasteiger partial charge in [-0.15, -0.1) is 0 Å². The molecule has 33 heavy (non-hydrogen) atoms. The normalized spacial score (nSPS) is 25.1. The number of H-pyrrole nitrogens is 1. The lowest BCUT2D eigenvalue weighted by Gasteiger charge is -2.34. The number of amides is 1. The maximum Gasteiger partial charge on any atom is 0.425 e. The molecule has 1 amide bonds. The predicted octanol–water partition coefficient (Wildman–Crippen LogP) is 1.75. The topological polar surface area (TPSA) is 114 Å². The number of nitrogens with zero attached hydrogens (tertiary/aromatic N) is 5. The minimum atomic E-state index is -5.05. The van der Waals surface area contributed by atoms with Crippen molar-refractivity contribution in [2.24, 2.45) is 0 Å². The molecule has 10 nitrogen and oxygen atoms in total. The highest BCUT2D eigenvalue weighted by molar-refractivity contribution is 6.30. The van der Waals surface area contributed by atoms with Crippen molar-refractivity contribution in [1.29, 1.82) is 0 Å². The molecular weight excluding hydrogens is 469 g/mol. The van der Waals surface area contributed by atoms with Crippen molar-refractivity contribution < 1.29 is 38.4 Å². The minimum absolute atomic E-state index is 0.00990. The smallest absolute Gasteiger partial charge is 0.425 e. The van der Waals surface area contributed by atoms with Crippen LogP contribution in [0, 0.1) is 0 Å². The number of carbonyl (C=O) groups excluding carboxylic acids is 1. The first-order chi connectivity index (χ1) is 18.7. The number of aromatic amines is 1. The van der Waals surface area contributed by atoms with E-state index in [0.717, 1.165) is 12.4 Å². The van der Waals surface area contributed by atoms with Crippen LogP contribution < -0.4 is 15.2 Å². The van der Waals surface area contributed by atoms with Crippen molar-refractivity contribution in [1.82, 2.24) is 25.1 Å². The molecular formula is C19H22ClF3N6O4. The van der Waals surface area contributed by atoms with Crippen molar-refractivity contribution in [3.8, 4) is 5.75 Å². The SMILES string of the molecule is [2H]C1([2H])N(C(=O)CCOC[C@H](C)Oc2cn[nH]c(=O)c2C(F)(F)F)C([2H])([2H])C([2H])([2H])N(c2ncc(Cl)cn2)C1([2H])[2H]. The zero-order chi connectivity index (χ0) is 31.2. The number of aromatic nitrogens is 4. The number of halogens is 4. The average molecular weight is 499 g/mol. The molecule has 1 atom stereocenters. The number of ether oxygens (including phenoxy) is 2. The number of piperazine rings is 1. The van der Waals surface area contributed by atoms with Gasteiger partial charge in [0.2, 0.25) is 11.9 Å². The molecule has 2 aromatic heterocycles. The molecule has 14 heteroatoms. The molecule has 0 radical (unpaired) electrons. The van der Waals surface area contributed by atoms with Gasteiger partial charge >= 0.3 is 6.18 Å².